The van der Waals surface area contributed by atoms with Crippen LogP contribution >= 0.6 is 23.7 Å². The molecule has 1 saturated heterocycles. The molecule has 1 fully saturated rings. The van der Waals surface area contributed by atoms with Crippen molar-refractivity contribution in [2.45, 2.75) is 19.5 Å². The highest BCUT2D eigenvalue weighted by Crippen LogP contribution is 2.27. The Morgan fingerprint density at radius 2 is 2.35 bits per heavy atom. The van der Waals surface area contributed by atoms with Crippen LogP contribution < -0.4 is 5.32 Å². The van der Waals surface area contributed by atoms with E-state index >= 15 is 0 Å². The summed E-state index contributed by atoms with van der Waals surface area (Å²) in [5.41, 5.74) is 1.94. The quantitative estimate of drug-likeness (QED) is 0.675. The maximum Gasteiger partial charge on any atom is 0.270 e. The first-order valence-electron chi connectivity index (χ1n) is 7.27. The van der Waals surface area contributed by atoms with Crippen LogP contribution in [0.2, 0.25) is 0 Å². The zero-order chi connectivity index (χ0) is 15.5. The Labute approximate surface area is 145 Å². The first-order valence-corrected chi connectivity index (χ1v) is 8.15. The Hall–Kier alpha value is -1.54. The fourth-order valence-electron chi connectivity index (χ4n) is 2.65. The predicted molar refractivity (Wildman–Crippen MR) is 94.2 cm³/mol. The second-order valence-corrected chi connectivity index (χ2v) is 6.40. The Balaban J connectivity index is 0.00000192. The number of nitro benzene ring substituents is 1. The zero-order valence-electron chi connectivity index (χ0n) is 12.8. The molecule has 2 aromatic rings. The van der Waals surface area contributed by atoms with Crippen molar-refractivity contribution in [3.63, 3.8) is 0 Å². The van der Waals surface area contributed by atoms with E-state index in [9.17, 15) is 10.1 Å². The molecule has 1 aliphatic rings. The van der Waals surface area contributed by atoms with Gasteiger partial charge in [-0.25, -0.2) is 4.98 Å². The number of hydrogen-bond donors (Lipinski definition) is 1. The lowest BCUT2D eigenvalue weighted by molar-refractivity contribution is -0.384. The number of non-ortho nitro benzene ring substituents is 1. The lowest BCUT2D eigenvalue weighted by atomic mass is 10.2. The van der Waals surface area contributed by atoms with E-state index in [2.05, 4.69) is 22.1 Å². The van der Waals surface area contributed by atoms with Gasteiger partial charge >= 0.3 is 0 Å². The third-order valence-corrected chi connectivity index (χ3v) is 4.63. The van der Waals surface area contributed by atoms with Crippen molar-refractivity contribution in [2.75, 3.05) is 19.6 Å². The number of benzene rings is 1. The molecule has 0 radical (unpaired) electrons. The lowest BCUT2D eigenvalue weighted by Crippen LogP contribution is -2.48. The summed E-state index contributed by atoms with van der Waals surface area (Å²) in [6, 6.07) is 7.15. The van der Waals surface area contributed by atoms with Crippen molar-refractivity contribution in [3.8, 4) is 10.6 Å². The van der Waals surface area contributed by atoms with E-state index in [-0.39, 0.29) is 23.0 Å². The Morgan fingerprint density at radius 1 is 1.52 bits per heavy atom. The van der Waals surface area contributed by atoms with Crippen LogP contribution in [-0.2, 0) is 6.54 Å². The zero-order valence-corrected chi connectivity index (χ0v) is 14.4. The molecule has 23 heavy (non-hydrogen) atoms. The summed E-state index contributed by atoms with van der Waals surface area (Å²) in [6.07, 6.45) is 0. The molecule has 0 spiro atoms. The monoisotopic (exact) mass is 354 g/mol. The van der Waals surface area contributed by atoms with Gasteiger partial charge in [0.15, 0.2) is 0 Å². The average molecular weight is 355 g/mol. The second-order valence-electron chi connectivity index (χ2n) is 5.54. The highest BCUT2D eigenvalue weighted by molar-refractivity contribution is 7.13. The van der Waals surface area contributed by atoms with Gasteiger partial charge in [0.25, 0.3) is 5.69 Å². The SMILES string of the molecule is C[C@H]1CN(Cc2csc(-c3cccc([N+](=O)[O-])c3)n2)CCN1.Cl. The number of nitrogens with zero attached hydrogens (tertiary/aromatic N) is 3. The van der Waals surface area contributed by atoms with E-state index in [1.165, 1.54) is 17.4 Å². The molecule has 6 nitrogen and oxygen atoms in total. The molecular formula is C15H19ClN4O2S. The van der Waals surface area contributed by atoms with E-state index in [0.717, 1.165) is 42.4 Å². The van der Waals surface area contributed by atoms with Crippen molar-refractivity contribution < 1.29 is 4.92 Å². The van der Waals surface area contributed by atoms with Crippen LogP contribution in [0.1, 0.15) is 12.6 Å². The van der Waals surface area contributed by atoms with Crippen LogP contribution in [0.5, 0.6) is 0 Å². The summed E-state index contributed by atoms with van der Waals surface area (Å²) in [5.74, 6) is 0. The van der Waals surface area contributed by atoms with E-state index in [1.54, 1.807) is 12.1 Å². The van der Waals surface area contributed by atoms with Crippen LogP contribution in [0.15, 0.2) is 29.6 Å². The van der Waals surface area contributed by atoms with Crippen LogP contribution in [0, 0.1) is 10.1 Å². The van der Waals surface area contributed by atoms with Gasteiger partial charge in [-0.2, -0.15) is 0 Å². The van der Waals surface area contributed by atoms with Crippen molar-refractivity contribution >= 4 is 29.4 Å². The standard InChI is InChI=1S/C15H18N4O2S.ClH/c1-11-8-18(6-5-16-11)9-13-10-22-15(17-13)12-3-2-4-14(7-12)19(20)21;/h2-4,7,10-11,16H,5-6,8-9H2,1H3;1H/t11-;/m0./s1. The normalized spacial score (nSPS) is 18.4. The number of piperazine rings is 1. The molecule has 1 aromatic carbocycles. The third-order valence-electron chi connectivity index (χ3n) is 3.69. The number of thiazole rings is 1. The molecular weight excluding hydrogens is 336 g/mol. The molecule has 124 valence electrons. The van der Waals surface area contributed by atoms with Crippen LogP contribution in [-0.4, -0.2) is 40.5 Å². The highest BCUT2D eigenvalue weighted by atomic mass is 35.5. The first-order chi connectivity index (χ1) is 10.6. The second kappa shape index (κ2) is 7.83. The van der Waals surface area contributed by atoms with E-state index in [4.69, 9.17) is 0 Å². The van der Waals surface area contributed by atoms with E-state index in [1.807, 2.05) is 11.4 Å². The molecule has 0 unspecified atom stereocenters. The number of halogens is 1. The van der Waals surface area contributed by atoms with Crippen molar-refractivity contribution in [1.82, 2.24) is 15.2 Å². The molecule has 1 atom stereocenters. The topological polar surface area (TPSA) is 71.3 Å². The van der Waals surface area contributed by atoms with Gasteiger partial charge in [0.2, 0.25) is 0 Å². The fraction of sp³-hybridized carbons (Fsp3) is 0.400. The minimum atomic E-state index is -0.375. The van der Waals surface area contributed by atoms with Gasteiger partial charge in [-0.3, -0.25) is 15.0 Å². The van der Waals surface area contributed by atoms with Gasteiger partial charge in [0, 0.05) is 55.3 Å². The maximum atomic E-state index is 10.9. The van der Waals surface area contributed by atoms with Crippen LogP contribution in [0.3, 0.4) is 0 Å². The summed E-state index contributed by atoms with van der Waals surface area (Å²) in [4.78, 5) is 17.5. The molecule has 8 heteroatoms. The minimum Gasteiger partial charge on any atom is -0.312 e. The number of hydrogen-bond acceptors (Lipinski definition) is 6. The molecule has 3 rings (SSSR count). The summed E-state index contributed by atoms with van der Waals surface area (Å²) in [5, 5.41) is 17.2. The summed E-state index contributed by atoms with van der Waals surface area (Å²) in [7, 11) is 0. The molecule has 0 saturated carbocycles. The Morgan fingerprint density at radius 3 is 3.09 bits per heavy atom. The predicted octanol–water partition coefficient (Wildman–Crippen LogP) is 2.93. The van der Waals surface area contributed by atoms with Crippen LogP contribution in [0.25, 0.3) is 10.6 Å². The number of aromatic nitrogens is 1. The summed E-state index contributed by atoms with van der Waals surface area (Å²) >= 11 is 1.54. The van der Waals surface area contributed by atoms with E-state index in [0.29, 0.717) is 6.04 Å². The van der Waals surface area contributed by atoms with Crippen molar-refractivity contribution in [1.29, 1.82) is 0 Å². The first kappa shape index (κ1) is 17.8. The van der Waals surface area contributed by atoms with Gasteiger partial charge in [0.05, 0.1) is 10.6 Å². The van der Waals surface area contributed by atoms with Crippen LogP contribution in [0.4, 0.5) is 5.69 Å². The number of nitrogens with one attached hydrogen (secondary N) is 1. The highest BCUT2D eigenvalue weighted by Gasteiger charge is 2.17. The van der Waals surface area contributed by atoms with Gasteiger partial charge in [-0.15, -0.1) is 23.7 Å². The smallest absolute Gasteiger partial charge is 0.270 e. The summed E-state index contributed by atoms with van der Waals surface area (Å²) < 4.78 is 0. The molecule has 2 heterocycles. The van der Waals surface area contributed by atoms with Crippen molar-refractivity contribution in [3.05, 3.63) is 45.5 Å². The van der Waals surface area contributed by atoms with Crippen molar-refractivity contribution in [2.24, 2.45) is 0 Å². The molecule has 0 bridgehead atoms. The fourth-order valence-corrected chi connectivity index (χ4v) is 3.46. The maximum absolute atomic E-state index is 10.9. The molecule has 1 aliphatic heterocycles. The van der Waals surface area contributed by atoms with Gasteiger partial charge in [-0.1, -0.05) is 12.1 Å². The van der Waals surface area contributed by atoms with E-state index < -0.39 is 0 Å². The van der Waals surface area contributed by atoms with Gasteiger partial charge < -0.3 is 5.32 Å². The summed E-state index contributed by atoms with van der Waals surface area (Å²) in [6.45, 7) is 6.06. The van der Waals surface area contributed by atoms with Gasteiger partial charge in [-0.05, 0) is 6.92 Å². The third kappa shape index (κ3) is 4.48. The Kier molecular flexibility index (Phi) is 6.06. The van der Waals surface area contributed by atoms with Gasteiger partial charge in [0.1, 0.15) is 5.01 Å². The Bertz CT molecular complexity index is 679. The number of nitro groups is 1. The average Bonchev–Trinajstić information content (AvgIpc) is 2.96. The molecule has 1 N–H and O–H groups in total. The minimum absolute atomic E-state index is 0. The molecule has 0 aliphatic carbocycles. The molecule has 0 amide bonds. The largest absolute Gasteiger partial charge is 0.312 e. The lowest BCUT2D eigenvalue weighted by Gasteiger charge is -2.31. The molecule has 1 aromatic heterocycles. The number of rotatable bonds is 4.